The fraction of sp³-hybridized carbons (Fsp3) is 0.269. The van der Waals surface area contributed by atoms with Crippen molar-refractivity contribution in [2.45, 2.75) is 32.9 Å². The minimum atomic E-state index is -2.97. The monoisotopic (exact) mass is 513 g/mol. The van der Waals surface area contributed by atoms with E-state index < -0.39 is 6.61 Å². The number of benzene rings is 2. The molecule has 0 saturated heterocycles. The van der Waals surface area contributed by atoms with Crippen LogP contribution in [0.25, 0.3) is 0 Å². The summed E-state index contributed by atoms with van der Waals surface area (Å²) in [6.45, 7) is -0.747. The molecule has 1 unspecified atom stereocenters. The highest BCUT2D eigenvalue weighted by Crippen LogP contribution is 2.33. The number of hydrogen-bond acceptors (Lipinski definition) is 6. The topological polar surface area (TPSA) is 80.2 Å². The second-order valence-electron chi connectivity index (χ2n) is 8.12. The number of alkyl halides is 2. The van der Waals surface area contributed by atoms with Gasteiger partial charge in [-0.1, -0.05) is 25.1 Å². The summed E-state index contributed by atoms with van der Waals surface area (Å²) in [6.07, 6.45) is 0.969. The van der Waals surface area contributed by atoms with Gasteiger partial charge in [-0.15, -0.1) is 11.3 Å². The van der Waals surface area contributed by atoms with Crippen molar-refractivity contribution in [2.75, 3.05) is 12.4 Å². The van der Waals surface area contributed by atoms with Crippen molar-refractivity contribution in [3.8, 4) is 11.5 Å². The van der Waals surface area contributed by atoms with Crippen LogP contribution in [0.2, 0.25) is 0 Å². The molecule has 3 aromatic rings. The molecule has 1 aromatic heterocycles. The molecule has 4 rings (SSSR count). The van der Waals surface area contributed by atoms with Gasteiger partial charge in [0.05, 0.1) is 24.2 Å². The summed E-state index contributed by atoms with van der Waals surface area (Å²) in [5, 5.41) is 10.7. The second kappa shape index (κ2) is 11.3. The zero-order valence-corrected chi connectivity index (χ0v) is 20.6. The van der Waals surface area contributed by atoms with E-state index >= 15 is 0 Å². The number of ether oxygens (including phenoxy) is 2. The summed E-state index contributed by atoms with van der Waals surface area (Å²) in [5.74, 6) is -0.307. The third-order valence-corrected chi connectivity index (χ3v) is 6.65. The minimum absolute atomic E-state index is 0.0695. The van der Waals surface area contributed by atoms with Crippen LogP contribution in [0, 0.1) is 5.92 Å². The molecule has 1 aliphatic rings. The summed E-state index contributed by atoms with van der Waals surface area (Å²) < 4.78 is 35.1. The van der Waals surface area contributed by atoms with Crippen LogP contribution in [0.1, 0.15) is 40.6 Å². The second-order valence-corrected chi connectivity index (χ2v) is 9.07. The molecule has 0 spiro atoms. The number of amides is 2. The molecule has 1 atom stereocenters. The number of anilines is 1. The van der Waals surface area contributed by atoms with E-state index in [-0.39, 0.29) is 42.2 Å². The van der Waals surface area contributed by atoms with Crippen LogP contribution in [0.15, 0.2) is 65.1 Å². The van der Waals surface area contributed by atoms with E-state index in [1.165, 1.54) is 29.5 Å². The lowest BCUT2D eigenvalue weighted by atomic mass is 9.89. The summed E-state index contributed by atoms with van der Waals surface area (Å²) in [4.78, 5) is 25.7. The predicted molar refractivity (Wildman–Crippen MR) is 134 cm³/mol. The fourth-order valence-electron chi connectivity index (χ4n) is 3.92. The number of halogens is 2. The number of hydrogen-bond donors (Lipinski definition) is 1. The Bertz CT molecular complexity index is 1250. The molecule has 0 bridgehead atoms. The van der Waals surface area contributed by atoms with Gasteiger partial charge < -0.3 is 14.8 Å². The van der Waals surface area contributed by atoms with Crippen LogP contribution in [0.4, 0.5) is 14.5 Å². The largest absolute Gasteiger partial charge is 0.493 e. The Morgan fingerprint density at radius 2 is 1.97 bits per heavy atom. The molecule has 2 amide bonds. The van der Waals surface area contributed by atoms with Crippen molar-refractivity contribution in [2.24, 2.45) is 11.0 Å². The highest BCUT2D eigenvalue weighted by molar-refractivity contribution is 7.12. The summed E-state index contributed by atoms with van der Waals surface area (Å²) >= 11 is 1.36. The number of nitrogens with zero attached hydrogens (tertiary/aromatic N) is 2. The van der Waals surface area contributed by atoms with Gasteiger partial charge in [-0.3, -0.25) is 9.59 Å². The van der Waals surface area contributed by atoms with Crippen LogP contribution in [-0.2, 0) is 11.3 Å². The maximum absolute atomic E-state index is 12.8. The lowest BCUT2D eigenvalue weighted by molar-refractivity contribution is -0.133. The van der Waals surface area contributed by atoms with E-state index in [9.17, 15) is 18.4 Å². The third kappa shape index (κ3) is 5.88. The molecule has 188 valence electrons. The van der Waals surface area contributed by atoms with Crippen molar-refractivity contribution in [1.82, 2.24) is 5.01 Å². The van der Waals surface area contributed by atoms with E-state index in [1.807, 2.05) is 30.5 Å². The quantitative estimate of drug-likeness (QED) is 0.394. The number of hydrazone groups is 1. The van der Waals surface area contributed by atoms with Gasteiger partial charge in [0.2, 0.25) is 5.91 Å². The van der Waals surface area contributed by atoms with Gasteiger partial charge in [0.25, 0.3) is 5.91 Å². The minimum Gasteiger partial charge on any atom is -0.493 e. The van der Waals surface area contributed by atoms with Crippen molar-refractivity contribution in [1.29, 1.82) is 0 Å². The van der Waals surface area contributed by atoms with Crippen molar-refractivity contribution < 1.29 is 27.8 Å². The first-order chi connectivity index (χ1) is 17.4. The van der Waals surface area contributed by atoms with Gasteiger partial charge in [0, 0.05) is 23.6 Å². The zero-order valence-electron chi connectivity index (χ0n) is 19.7. The van der Waals surface area contributed by atoms with Gasteiger partial charge in [-0.25, -0.2) is 5.01 Å². The lowest BCUT2D eigenvalue weighted by Gasteiger charge is -2.29. The van der Waals surface area contributed by atoms with Crippen LogP contribution in [-0.4, -0.2) is 36.3 Å². The summed E-state index contributed by atoms with van der Waals surface area (Å²) in [5.41, 5.74) is 2.84. The van der Waals surface area contributed by atoms with Crippen molar-refractivity contribution in [3.63, 3.8) is 0 Å². The number of nitrogens with one attached hydrogen (secondary N) is 1. The highest BCUT2D eigenvalue weighted by atomic mass is 32.1. The average molecular weight is 514 g/mol. The first-order valence-corrected chi connectivity index (χ1v) is 12.2. The van der Waals surface area contributed by atoms with E-state index in [2.05, 4.69) is 15.2 Å². The molecule has 2 aromatic carbocycles. The molecule has 0 radical (unpaired) electrons. The van der Waals surface area contributed by atoms with Gasteiger partial charge in [-0.2, -0.15) is 13.9 Å². The van der Waals surface area contributed by atoms with E-state index in [0.717, 1.165) is 5.56 Å². The Morgan fingerprint density at radius 1 is 1.19 bits per heavy atom. The molecule has 0 saturated carbocycles. The number of carbonyl (C=O) groups is 2. The average Bonchev–Trinajstić information content (AvgIpc) is 3.41. The molecular formula is C26H25F2N3O4S. The molecule has 2 heterocycles. The molecule has 10 heteroatoms. The van der Waals surface area contributed by atoms with Gasteiger partial charge in [0.1, 0.15) is 0 Å². The van der Waals surface area contributed by atoms with Crippen molar-refractivity contribution >= 4 is 34.6 Å². The number of carbonyl (C=O) groups excluding carboxylic acids is 2. The smallest absolute Gasteiger partial charge is 0.387 e. The van der Waals surface area contributed by atoms with Gasteiger partial charge in [-0.05, 0) is 53.8 Å². The maximum Gasteiger partial charge on any atom is 0.387 e. The van der Waals surface area contributed by atoms with Gasteiger partial charge >= 0.3 is 6.61 Å². The maximum atomic E-state index is 12.8. The van der Waals surface area contributed by atoms with E-state index in [1.54, 1.807) is 30.3 Å². The number of methoxy groups -OCH3 is 1. The van der Waals surface area contributed by atoms with Crippen LogP contribution in [0.3, 0.4) is 0 Å². The number of thiophene rings is 1. The molecule has 1 N–H and O–H groups in total. The van der Waals surface area contributed by atoms with Crippen LogP contribution >= 0.6 is 11.3 Å². The molecular weight excluding hydrogens is 488 g/mol. The lowest BCUT2D eigenvalue weighted by Crippen LogP contribution is -2.36. The Morgan fingerprint density at radius 3 is 2.61 bits per heavy atom. The molecule has 1 aliphatic heterocycles. The first-order valence-electron chi connectivity index (χ1n) is 11.3. The Balaban J connectivity index is 1.53. The summed E-state index contributed by atoms with van der Waals surface area (Å²) in [7, 11) is 1.37. The van der Waals surface area contributed by atoms with E-state index in [0.29, 0.717) is 28.3 Å². The zero-order chi connectivity index (χ0) is 25.7. The SMILES string of the molecule is CCC1CC(=O)N(Cc2ccc(NC(=O)c3cccs3)cc2)N=C1c1ccc(OC(F)F)c(OC)c1. The Kier molecular flexibility index (Phi) is 7.94. The molecule has 0 aliphatic carbocycles. The third-order valence-electron chi connectivity index (χ3n) is 5.78. The van der Waals surface area contributed by atoms with Crippen LogP contribution < -0.4 is 14.8 Å². The highest BCUT2D eigenvalue weighted by Gasteiger charge is 2.30. The Labute approximate surface area is 211 Å². The van der Waals surface area contributed by atoms with Crippen molar-refractivity contribution in [3.05, 3.63) is 76.0 Å². The van der Waals surface area contributed by atoms with E-state index in [4.69, 9.17) is 4.74 Å². The normalized spacial score (nSPS) is 15.6. The molecule has 0 fully saturated rings. The van der Waals surface area contributed by atoms with Crippen LogP contribution in [0.5, 0.6) is 11.5 Å². The standard InChI is InChI=1S/C26H25F2N3O4S/c1-3-17-14-23(32)31(30-24(17)18-8-11-20(35-26(27)28)21(13-18)34-2)15-16-6-9-19(10-7-16)29-25(33)22-5-4-12-36-22/h4-13,17,26H,3,14-15H2,1-2H3,(H,29,33). The van der Waals surface area contributed by atoms with Gasteiger partial charge in [0.15, 0.2) is 11.5 Å². The Hall–Kier alpha value is -3.79. The predicted octanol–water partition coefficient (Wildman–Crippen LogP) is 5.77. The molecule has 7 nitrogen and oxygen atoms in total. The molecule has 36 heavy (non-hydrogen) atoms. The fourth-order valence-corrected chi connectivity index (χ4v) is 4.54. The summed E-state index contributed by atoms with van der Waals surface area (Å²) in [6, 6.07) is 15.4. The first kappa shape index (κ1) is 25.3. The number of rotatable bonds is 9.